The fourth-order valence-corrected chi connectivity index (χ4v) is 3.64. The average molecular weight is 250 g/mol. The number of carboxylic acids is 1. The summed E-state index contributed by atoms with van der Waals surface area (Å²) in [5.74, 6) is -0.549. The number of hydrogen-bond donors (Lipinski definition) is 2. The Morgan fingerprint density at radius 3 is 2.83 bits per heavy atom. The molecule has 2 aliphatic carbocycles. The van der Waals surface area contributed by atoms with Crippen LogP contribution in [0.5, 0.6) is 0 Å². The van der Waals surface area contributed by atoms with Crippen molar-refractivity contribution in [3.8, 4) is 0 Å². The number of aliphatic hydroxyl groups is 1. The van der Waals surface area contributed by atoms with E-state index in [4.69, 9.17) is 5.11 Å². The van der Waals surface area contributed by atoms with Gasteiger partial charge in [0.05, 0.1) is 6.10 Å². The molecule has 1 fully saturated rings. The van der Waals surface area contributed by atoms with Crippen molar-refractivity contribution < 1.29 is 15.0 Å². The zero-order chi connectivity index (χ0) is 13.5. The summed E-state index contributed by atoms with van der Waals surface area (Å²) < 4.78 is 0. The van der Waals surface area contributed by atoms with Crippen molar-refractivity contribution >= 4 is 5.97 Å². The SMILES string of the molecule is C=C(C(=O)O)[C@@H]1CC[C@@]2(C)[C@H](O)CC=C(C)[C@@H]2C1. The van der Waals surface area contributed by atoms with Gasteiger partial charge in [0.15, 0.2) is 0 Å². The fraction of sp³-hybridized carbons (Fsp3) is 0.667. The van der Waals surface area contributed by atoms with Crippen molar-refractivity contribution in [3.05, 3.63) is 23.8 Å². The lowest BCUT2D eigenvalue weighted by Gasteiger charge is -2.50. The maximum absolute atomic E-state index is 11.0. The van der Waals surface area contributed by atoms with Gasteiger partial charge in [0, 0.05) is 11.0 Å². The zero-order valence-electron chi connectivity index (χ0n) is 11.1. The summed E-state index contributed by atoms with van der Waals surface area (Å²) in [5.41, 5.74) is 1.53. The molecule has 0 saturated heterocycles. The number of allylic oxidation sites excluding steroid dienone is 1. The van der Waals surface area contributed by atoms with E-state index in [1.165, 1.54) is 5.57 Å². The smallest absolute Gasteiger partial charge is 0.331 e. The first kappa shape index (κ1) is 13.3. The fourth-order valence-electron chi connectivity index (χ4n) is 3.64. The Morgan fingerprint density at radius 1 is 1.56 bits per heavy atom. The number of rotatable bonds is 2. The summed E-state index contributed by atoms with van der Waals surface area (Å²) in [5, 5.41) is 19.3. The van der Waals surface area contributed by atoms with Crippen LogP contribution in [0.4, 0.5) is 0 Å². The molecule has 1 saturated carbocycles. The summed E-state index contributed by atoms with van der Waals surface area (Å²) in [4.78, 5) is 11.0. The molecule has 0 amide bonds. The van der Waals surface area contributed by atoms with Gasteiger partial charge >= 0.3 is 5.97 Å². The lowest BCUT2D eigenvalue weighted by molar-refractivity contribution is -0.133. The summed E-state index contributed by atoms with van der Waals surface area (Å²) >= 11 is 0. The first-order valence-electron chi connectivity index (χ1n) is 6.63. The maximum Gasteiger partial charge on any atom is 0.331 e. The third-order valence-electron chi connectivity index (χ3n) is 5.09. The minimum absolute atomic E-state index is 0.0502. The topological polar surface area (TPSA) is 57.5 Å². The number of fused-ring (bicyclic) bond motifs is 1. The molecule has 4 atom stereocenters. The molecule has 0 heterocycles. The molecule has 0 aliphatic heterocycles. The van der Waals surface area contributed by atoms with Gasteiger partial charge in [-0.15, -0.1) is 0 Å². The molecule has 0 aromatic carbocycles. The van der Waals surface area contributed by atoms with Crippen molar-refractivity contribution in [1.82, 2.24) is 0 Å². The molecular weight excluding hydrogens is 228 g/mol. The molecule has 3 heteroatoms. The predicted octanol–water partition coefficient (Wildman–Crippen LogP) is 2.76. The Hall–Kier alpha value is -1.09. The molecule has 0 bridgehead atoms. The van der Waals surface area contributed by atoms with Gasteiger partial charge in [-0.1, -0.05) is 25.2 Å². The quantitative estimate of drug-likeness (QED) is 0.585. The van der Waals surface area contributed by atoms with E-state index in [0.29, 0.717) is 5.57 Å². The van der Waals surface area contributed by atoms with E-state index in [0.717, 1.165) is 25.7 Å². The number of hydrogen-bond acceptors (Lipinski definition) is 2. The largest absolute Gasteiger partial charge is 0.478 e. The van der Waals surface area contributed by atoms with Crippen molar-refractivity contribution in [3.63, 3.8) is 0 Å². The number of aliphatic carboxylic acids is 1. The second kappa shape index (κ2) is 4.54. The highest BCUT2D eigenvalue weighted by molar-refractivity contribution is 5.86. The van der Waals surface area contributed by atoms with E-state index in [1.54, 1.807) is 0 Å². The lowest BCUT2D eigenvalue weighted by atomic mass is 9.56. The summed E-state index contributed by atoms with van der Waals surface area (Å²) in [6.45, 7) is 7.94. The number of aliphatic hydroxyl groups excluding tert-OH is 1. The van der Waals surface area contributed by atoms with Crippen molar-refractivity contribution in [1.29, 1.82) is 0 Å². The van der Waals surface area contributed by atoms with Gasteiger partial charge in [-0.3, -0.25) is 0 Å². The van der Waals surface area contributed by atoms with Crippen LogP contribution in [0.1, 0.15) is 39.5 Å². The molecule has 0 radical (unpaired) electrons. The number of carboxylic acid groups (broad SMARTS) is 1. The van der Waals surface area contributed by atoms with Crippen LogP contribution in [0.3, 0.4) is 0 Å². The molecule has 2 N–H and O–H groups in total. The van der Waals surface area contributed by atoms with Gasteiger partial charge in [-0.25, -0.2) is 4.79 Å². The molecular formula is C15H22O3. The van der Waals surface area contributed by atoms with E-state index in [1.807, 2.05) is 0 Å². The van der Waals surface area contributed by atoms with Crippen LogP contribution in [-0.2, 0) is 4.79 Å². The second-order valence-corrected chi connectivity index (χ2v) is 6.06. The average Bonchev–Trinajstić information content (AvgIpc) is 2.33. The molecule has 0 unspecified atom stereocenters. The standard InChI is InChI=1S/C15H22O3/c1-9-4-5-13(16)15(3)7-6-11(8-12(9)15)10(2)14(17)18/h4,11-13,16H,2,5-8H2,1,3H3,(H,17,18)/t11-,12+,13-,15-/m1/s1. The monoisotopic (exact) mass is 250 g/mol. The van der Waals surface area contributed by atoms with Gasteiger partial charge in [0.25, 0.3) is 0 Å². The van der Waals surface area contributed by atoms with Gasteiger partial charge in [-0.05, 0) is 44.4 Å². The molecule has 2 rings (SSSR count). The van der Waals surface area contributed by atoms with Crippen LogP contribution < -0.4 is 0 Å². The van der Waals surface area contributed by atoms with Gasteiger partial charge in [0.1, 0.15) is 0 Å². The van der Waals surface area contributed by atoms with Crippen LogP contribution in [0, 0.1) is 17.3 Å². The normalized spacial score (nSPS) is 39.7. The first-order valence-corrected chi connectivity index (χ1v) is 6.63. The summed E-state index contributed by atoms with van der Waals surface area (Å²) in [6, 6.07) is 0. The molecule has 0 spiro atoms. The van der Waals surface area contributed by atoms with E-state index >= 15 is 0 Å². The van der Waals surface area contributed by atoms with Crippen LogP contribution >= 0.6 is 0 Å². The molecule has 18 heavy (non-hydrogen) atoms. The lowest BCUT2D eigenvalue weighted by Crippen LogP contribution is -2.46. The van der Waals surface area contributed by atoms with E-state index in [-0.39, 0.29) is 23.4 Å². The highest BCUT2D eigenvalue weighted by atomic mass is 16.4. The number of carbonyl (C=O) groups is 1. The Bertz CT molecular complexity index is 410. The predicted molar refractivity (Wildman–Crippen MR) is 70.1 cm³/mol. The first-order chi connectivity index (χ1) is 8.36. The highest BCUT2D eigenvalue weighted by Gasteiger charge is 2.47. The van der Waals surface area contributed by atoms with Gasteiger partial charge < -0.3 is 10.2 Å². The Balaban J connectivity index is 2.22. The maximum atomic E-state index is 11.0. The minimum Gasteiger partial charge on any atom is -0.478 e. The Kier molecular flexibility index (Phi) is 3.37. The van der Waals surface area contributed by atoms with Crippen molar-refractivity contribution in [2.24, 2.45) is 17.3 Å². The zero-order valence-corrected chi connectivity index (χ0v) is 11.1. The van der Waals surface area contributed by atoms with E-state index in [9.17, 15) is 9.90 Å². The minimum atomic E-state index is -0.887. The molecule has 0 aromatic rings. The second-order valence-electron chi connectivity index (χ2n) is 6.06. The summed E-state index contributed by atoms with van der Waals surface area (Å²) in [6.07, 6.45) is 5.03. The Morgan fingerprint density at radius 2 is 2.22 bits per heavy atom. The van der Waals surface area contributed by atoms with Crippen molar-refractivity contribution in [2.75, 3.05) is 0 Å². The van der Waals surface area contributed by atoms with Crippen LogP contribution in [-0.4, -0.2) is 22.3 Å². The molecule has 100 valence electrons. The molecule has 3 nitrogen and oxygen atoms in total. The van der Waals surface area contributed by atoms with Gasteiger partial charge in [0.2, 0.25) is 0 Å². The van der Waals surface area contributed by atoms with Gasteiger partial charge in [-0.2, -0.15) is 0 Å². The molecule has 2 aliphatic rings. The van der Waals surface area contributed by atoms with Crippen LogP contribution in [0.15, 0.2) is 23.8 Å². The van der Waals surface area contributed by atoms with Crippen LogP contribution in [0.25, 0.3) is 0 Å². The summed E-state index contributed by atoms with van der Waals surface area (Å²) in [7, 11) is 0. The third-order valence-corrected chi connectivity index (χ3v) is 5.09. The molecule has 0 aromatic heterocycles. The van der Waals surface area contributed by atoms with E-state index in [2.05, 4.69) is 26.5 Å². The van der Waals surface area contributed by atoms with Crippen molar-refractivity contribution in [2.45, 2.75) is 45.6 Å². The Labute approximate surface area is 108 Å². The van der Waals surface area contributed by atoms with Crippen LogP contribution in [0.2, 0.25) is 0 Å². The highest BCUT2D eigenvalue weighted by Crippen LogP contribution is 2.53. The van der Waals surface area contributed by atoms with E-state index < -0.39 is 5.97 Å². The third kappa shape index (κ3) is 2.01.